The summed E-state index contributed by atoms with van der Waals surface area (Å²) in [5.41, 5.74) is 0.907. The number of carbonyl (C=O) groups is 4. The Balaban J connectivity index is 1.45. The van der Waals surface area contributed by atoms with E-state index in [4.69, 9.17) is 9.47 Å². The number of likely N-dealkylation sites (tertiary alicyclic amines) is 1. The predicted octanol–water partition coefficient (Wildman–Crippen LogP) is 4.90. The zero-order chi connectivity index (χ0) is 38.0. The normalized spacial score (nSPS) is 30.2. The Kier molecular flexibility index (Phi) is 11.4. The minimum atomic E-state index is -1.52. The molecule has 3 amide bonds. The molecule has 1 N–H and O–H groups in total. The number of carbonyl (C=O) groups excluding carboxylic acids is 4. The third-order valence-corrected chi connectivity index (χ3v) is 11.5. The van der Waals surface area contributed by atoms with Crippen LogP contribution in [0, 0.1) is 17.8 Å². The summed E-state index contributed by atoms with van der Waals surface area (Å²) in [6.45, 7) is 11.6. The molecule has 2 aromatic carbocycles. The van der Waals surface area contributed by atoms with Gasteiger partial charge in [-0.15, -0.1) is 0 Å². The van der Waals surface area contributed by atoms with Gasteiger partial charge in [0.15, 0.2) is 0 Å². The van der Waals surface area contributed by atoms with Gasteiger partial charge in [-0.3, -0.25) is 19.2 Å². The summed E-state index contributed by atoms with van der Waals surface area (Å²) in [6, 6.07) is 14.8. The van der Waals surface area contributed by atoms with Crippen LogP contribution in [0.4, 0.5) is 11.4 Å². The smallest absolute Gasteiger partial charge is 0.313 e. The van der Waals surface area contributed by atoms with Gasteiger partial charge in [-0.1, -0.05) is 68.5 Å². The third-order valence-electron chi connectivity index (χ3n) is 11.5. The molecular weight excluding hydrogens is 672 g/mol. The molecule has 4 aliphatic heterocycles. The van der Waals surface area contributed by atoms with Crippen LogP contribution in [0.1, 0.15) is 65.5 Å². The molecule has 0 saturated carbocycles. The maximum atomic E-state index is 15.1. The number of hydrogen-bond donors (Lipinski definition) is 1. The van der Waals surface area contributed by atoms with E-state index in [1.807, 2.05) is 87.5 Å². The lowest BCUT2D eigenvalue weighted by Crippen LogP contribution is -2.58. The van der Waals surface area contributed by atoms with E-state index in [1.165, 1.54) is 4.90 Å². The average molecular weight is 727 g/mol. The van der Waals surface area contributed by atoms with Crippen molar-refractivity contribution in [2.75, 3.05) is 43.1 Å². The maximum absolute atomic E-state index is 15.1. The van der Waals surface area contributed by atoms with E-state index in [2.05, 4.69) is 18.7 Å². The average Bonchev–Trinajstić information content (AvgIpc) is 3.55. The highest BCUT2D eigenvalue weighted by atomic mass is 16.6. The summed E-state index contributed by atoms with van der Waals surface area (Å²) in [5, 5.41) is 10.8. The van der Waals surface area contributed by atoms with E-state index >= 15 is 9.59 Å². The van der Waals surface area contributed by atoms with Crippen LogP contribution >= 0.6 is 0 Å². The van der Waals surface area contributed by atoms with Crippen LogP contribution in [-0.4, -0.2) is 102 Å². The van der Waals surface area contributed by atoms with Gasteiger partial charge >= 0.3 is 5.97 Å². The van der Waals surface area contributed by atoms with Crippen LogP contribution in [-0.2, 0) is 28.7 Å². The molecule has 4 heterocycles. The highest BCUT2D eigenvalue weighted by molar-refractivity contribution is 6.05. The van der Waals surface area contributed by atoms with Crippen LogP contribution in [0.25, 0.3) is 0 Å². The molecule has 4 aliphatic rings. The monoisotopic (exact) mass is 726 g/mol. The fraction of sp³-hybridized carbons (Fsp3) is 0.524. The highest BCUT2D eigenvalue weighted by Crippen LogP contribution is 2.54. The quantitative estimate of drug-likeness (QED) is 0.286. The van der Waals surface area contributed by atoms with Gasteiger partial charge in [0.05, 0.1) is 30.7 Å². The molecule has 2 aromatic rings. The molecule has 0 aromatic heterocycles. The second-order valence-corrected chi connectivity index (χ2v) is 15.1. The second-order valence-electron chi connectivity index (χ2n) is 15.1. The SMILES string of the molecule is CCN(CC)c1ccc(N2CC=C[C@@]34O[C@H]5/C=C\CCC(=O)N(C)[C@@H](C)[C@H](c6ccccc6)OC(=O)[C@H]5[C@@H]3C(=O)N([C@@H](CO)CC(C)C)[C@H]4C2=O)cc1. The number of ether oxygens (including phenoxy) is 2. The molecule has 0 unspecified atom stereocenters. The van der Waals surface area contributed by atoms with E-state index in [0.717, 1.165) is 18.8 Å². The van der Waals surface area contributed by atoms with Crippen LogP contribution in [0.5, 0.6) is 0 Å². The summed E-state index contributed by atoms with van der Waals surface area (Å²) in [4.78, 5) is 65.1. The lowest BCUT2D eigenvalue weighted by molar-refractivity contribution is -0.164. The Labute approximate surface area is 313 Å². The number of hydrogen-bond acceptors (Lipinski definition) is 8. The molecule has 2 saturated heterocycles. The number of benzene rings is 2. The van der Waals surface area contributed by atoms with Crippen molar-refractivity contribution in [2.45, 2.75) is 89.8 Å². The van der Waals surface area contributed by atoms with Gasteiger partial charge in [0.1, 0.15) is 23.7 Å². The first kappa shape index (κ1) is 38.3. The number of aliphatic hydroxyl groups excluding tert-OH is 1. The minimum Gasteiger partial charge on any atom is -0.455 e. The summed E-state index contributed by atoms with van der Waals surface area (Å²) < 4.78 is 13.3. The third kappa shape index (κ3) is 7.01. The number of rotatable bonds is 9. The summed E-state index contributed by atoms with van der Waals surface area (Å²) in [7, 11) is 1.71. The molecule has 284 valence electrons. The van der Waals surface area contributed by atoms with Crippen molar-refractivity contribution in [1.82, 2.24) is 9.80 Å². The molecule has 11 heteroatoms. The Morgan fingerprint density at radius 2 is 1.66 bits per heavy atom. The standard InChI is InChI=1S/C42H54N4O7/c1-7-44(8-2)30-19-21-31(22-20-30)45-24-14-23-42-36(39(49)46(38(42)40(45)50)32(26-47)25-27(3)4)35-33(53-42)17-12-13-18-34(48)43(6)28(5)37(52-41(35)51)29-15-10-9-11-16-29/h9-12,14-17,19-23,27-28,32-33,35-38,47H,7-8,13,18,24-26H2,1-6H3/b17-12-/t28-,32+,33-,35+,36+,37+,38-,42+/m0/s1. The van der Waals surface area contributed by atoms with Gasteiger partial charge in [-0.25, -0.2) is 0 Å². The van der Waals surface area contributed by atoms with Crippen molar-refractivity contribution >= 4 is 35.1 Å². The van der Waals surface area contributed by atoms with Crippen LogP contribution in [0.2, 0.25) is 0 Å². The number of aliphatic hydroxyl groups is 1. The molecule has 0 radical (unpaired) electrons. The Hall–Kier alpha value is -4.48. The van der Waals surface area contributed by atoms with Gasteiger partial charge in [-0.05, 0) is 69.4 Å². The van der Waals surface area contributed by atoms with Gasteiger partial charge in [0.25, 0.3) is 5.91 Å². The second kappa shape index (κ2) is 15.9. The molecule has 2 fully saturated rings. The summed E-state index contributed by atoms with van der Waals surface area (Å²) in [6.07, 6.45) is 6.56. The Bertz CT molecular complexity index is 1710. The summed E-state index contributed by atoms with van der Waals surface area (Å²) >= 11 is 0. The van der Waals surface area contributed by atoms with Crippen molar-refractivity contribution in [3.8, 4) is 0 Å². The van der Waals surface area contributed by atoms with E-state index in [1.54, 1.807) is 29.0 Å². The maximum Gasteiger partial charge on any atom is 0.313 e. The lowest BCUT2D eigenvalue weighted by atomic mass is 9.77. The van der Waals surface area contributed by atoms with Gasteiger partial charge in [0.2, 0.25) is 11.8 Å². The highest BCUT2D eigenvalue weighted by Gasteiger charge is 2.72. The topological polar surface area (TPSA) is 120 Å². The first-order valence-electron chi connectivity index (χ1n) is 19.1. The van der Waals surface area contributed by atoms with E-state index in [-0.39, 0.29) is 37.3 Å². The molecule has 11 nitrogen and oxygen atoms in total. The zero-order valence-electron chi connectivity index (χ0n) is 31.8. The number of likely N-dealkylation sites (N-methyl/N-ethyl adjacent to an activating group) is 1. The van der Waals surface area contributed by atoms with Crippen LogP contribution < -0.4 is 9.80 Å². The summed E-state index contributed by atoms with van der Waals surface area (Å²) in [5.74, 6) is -3.60. The van der Waals surface area contributed by atoms with Crippen molar-refractivity contribution in [3.63, 3.8) is 0 Å². The number of amides is 3. The first-order valence-corrected chi connectivity index (χ1v) is 19.1. The number of allylic oxidation sites excluding steroid dienone is 1. The lowest BCUT2D eigenvalue weighted by Gasteiger charge is -2.39. The van der Waals surface area contributed by atoms with Gasteiger partial charge in [0, 0.05) is 44.5 Å². The van der Waals surface area contributed by atoms with E-state index in [0.29, 0.717) is 24.1 Å². The van der Waals surface area contributed by atoms with E-state index in [9.17, 15) is 14.7 Å². The Morgan fingerprint density at radius 3 is 2.30 bits per heavy atom. The van der Waals surface area contributed by atoms with Crippen LogP contribution in [0.3, 0.4) is 0 Å². The van der Waals surface area contributed by atoms with Gasteiger partial charge < -0.3 is 34.2 Å². The number of esters is 1. The number of anilines is 2. The molecule has 8 atom stereocenters. The van der Waals surface area contributed by atoms with Crippen molar-refractivity contribution in [1.29, 1.82) is 0 Å². The number of cyclic esters (lactones) is 1. The van der Waals surface area contributed by atoms with E-state index < -0.39 is 59.6 Å². The number of fused-ring (bicyclic) bond motifs is 2. The predicted molar refractivity (Wildman–Crippen MR) is 203 cm³/mol. The van der Waals surface area contributed by atoms with Gasteiger partial charge in [-0.2, -0.15) is 0 Å². The zero-order valence-corrected chi connectivity index (χ0v) is 31.8. The fourth-order valence-corrected chi connectivity index (χ4v) is 8.71. The van der Waals surface area contributed by atoms with Crippen molar-refractivity contribution < 1.29 is 33.8 Å². The minimum absolute atomic E-state index is 0.0901. The first-order chi connectivity index (χ1) is 25.5. The molecule has 0 aliphatic carbocycles. The number of nitrogens with zero attached hydrogens (tertiary/aromatic N) is 4. The fourth-order valence-electron chi connectivity index (χ4n) is 8.71. The van der Waals surface area contributed by atoms with Crippen molar-refractivity contribution in [3.05, 3.63) is 84.5 Å². The molecule has 53 heavy (non-hydrogen) atoms. The largest absolute Gasteiger partial charge is 0.455 e. The van der Waals surface area contributed by atoms with Crippen LogP contribution in [0.15, 0.2) is 78.9 Å². The molecule has 0 bridgehead atoms. The van der Waals surface area contributed by atoms with Crippen molar-refractivity contribution in [2.24, 2.45) is 17.8 Å². The molecule has 6 rings (SSSR count). The molecular formula is C42H54N4O7. The Morgan fingerprint density at radius 1 is 0.962 bits per heavy atom. The molecule has 1 spiro atoms.